The van der Waals surface area contributed by atoms with Crippen LogP contribution in [0.25, 0.3) is 0 Å². The van der Waals surface area contributed by atoms with Gasteiger partial charge in [0.05, 0.1) is 5.69 Å². The second-order valence-corrected chi connectivity index (χ2v) is 3.06. The predicted molar refractivity (Wildman–Crippen MR) is 50.2 cm³/mol. The number of hydrogen-bond donors (Lipinski definition) is 0. The van der Waals surface area contributed by atoms with Crippen LogP contribution in [0.5, 0.6) is 0 Å². The zero-order valence-corrected chi connectivity index (χ0v) is 7.33. The molecule has 12 heavy (non-hydrogen) atoms. The van der Waals surface area contributed by atoms with Gasteiger partial charge in [-0.05, 0) is 24.5 Å². The molecule has 0 N–H and O–H groups in total. The summed E-state index contributed by atoms with van der Waals surface area (Å²) in [5, 5.41) is 2.08. The van der Waals surface area contributed by atoms with Crippen molar-refractivity contribution in [1.82, 2.24) is 5.43 Å². The summed E-state index contributed by atoms with van der Waals surface area (Å²) in [6.45, 7) is 1.06. The van der Waals surface area contributed by atoms with Crippen LogP contribution in [0.15, 0.2) is 24.3 Å². The lowest BCUT2D eigenvalue weighted by Gasteiger charge is -2.28. The van der Waals surface area contributed by atoms with Gasteiger partial charge in [0.1, 0.15) is 0 Å². The van der Waals surface area contributed by atoms with Crippen LogP contribution in [0, 0.1) is 0 Å². The normalized spacial score (nSPS) is 15.9. The number of benzene rings is 1. The lowest BCUT2D eigenvalue weighted by Crippen LogP contribution is -2.34. The van der Waals surface area contributed by atoms with Crippen molar-refractivity contribution in [3.8, 4) is 0 Å². The Kier molecular flexibility index (Phi) is 2.00. The number of aryl methyl sites for hydroxylation is 1. The fraction of sp³-hybridized carbons (Fsp3) is 0.400. The van der Waals surface area contributed by atoms with Gasteiger partial charge in [-0.15, -0.1) is 5.43 Å². The molecule has 0 amide bonds. The molecule has 2 rings (SSSR count). The van der Waals surface area contributed by atoms with Crippen molar-refractivity contribution in [3.05, 3.63) is 29.8 Å². The van der Waals surface area contributed by atoms with Crippen LogP contribution in [0.4, 0.5) is 5.69 Å². The first-order valence-corrected chi connectivity index (χ1v) is 4.37. The van der Waals surface area contributed by atoms with Gasteiger partial charge in [0.25, 0.3) is 0 Å². The molecule has 0 fully saturated rings. The van der Waals surface area contributed by atoms with E-state index in [0.717, 1.165) is 6.54 Å². The van der Waals surface area contributed by atoms with Gasteiger partial charge in [-0.25, -0.2) is 0 Å². The topological polar surface area (TPSA) is 17.3 Å². The van der Waals surface area contributed by atoms with E-state index in [1.165, 1.54) is 24.1 Å². The molecule has 0 bridgehead atoms. The largest absolute Gasteiger partial charge is 0.291 e. The van der Waals surface area contributed by atoms with Crippen LogP contribution in [0.2, 0.25) is 0 Å². The molecule has 0 spiro atoms. The maximum Gasteiger partial charge on any atom is 0.0568 e. The molecule has 1 aromatic rings. The fourth-order valence-corrected chi connectivity index (χ4v) is 1.72. The van der Waals surface area contributed by atoms with Gasteiger partial charge in [0.2, 0.25) is 0 Å². The van der Waals surface area contributed by atoms with E-state index in [1.54, 1.807) is 0 Å². The summed E-state index contributed by atoms with van der Waals surface area (Å²) < 4.78 is 0. The highest BCUT2D eigenvalue weighted by Crippen LogP contribution is 2.24. The zero-order chi connectivity index (χ0) is 8.39. The van der Waals surface area contributed by atoms with Crippen molar-refractivity contribution in [2.24, 2.45) is 0 Å². The fourth-order valence-electron chi connectivity index (χ4n) is 1.72. The highest BCUT2D eigenvalue weighted by atomic mass is 15.5. The van der Waals surface area contributed by atoms with Crippen LogP contribution in [-0.4, -0.2) is 13.6 Å². The number of para-hydroxylation sites is 1. The third-order valence-electron chi connectivity index (χ3n) is 2.33. The summed E-state index contributed by atoms with van der Waals surface area (Å²) in [7, 11) is 1.85. The summed E-state index contributed by atoms with van der Waals surface area (Å²) in [5.41, 5.74) is 6.93. The number of anilines is 1. The molecule has 1 aliphatic rings. The van der Waals surface area contributed by atoms with Crippen molar-refractivity contribution in [2.75, 3.05) is 18.6 Å². The van der Waals surface area contributed by atoms with Crippen LogP contribution < -0.4 is 10.4 Å². The molecule has 0 unspecified atom stereocenters. The van der Waals surface area contributed by atoms with Crippen LogP contribution in [-0.2, 0) is 6.42 Å². The van der Waals surface area contributed by atoms with E-state index in [0.29, 0.717) is 0 Å². The second-order valence-electron chi connectivity index (χ2n) is 3.06. The standard InChI is InChI=1S/C10H13N2/c1-11-12-8-4-6-9-5-2-3-7-10(9)12/h2-3,5,7H,4,6,8H2,1H3. The molecule has 0 saturated heterocycles. The maximum absolute atomic E-state index is 4.22. The smallest absolute Gasteiger partial charge is 0.0568 e. The Morgan fingerprint density at radius 1 is 1.33 bits per heavy atom. The molecule has 63 valence electrons. The molecule has 2 heteroatoms. The monoisotopic (exact) mass is 161 g/mol. The van der Waals surface area contributed by atoms with Crippen molar-refractivity contribution < 1.29 is 0 Å². The average Bonchev–Trinajstić information content (AvgIpc) is 2.17. The van der Waals surface area contributed by atoms with E-state index >= 15 is 0 Å². The van der Waals surface area contributed by atoms with E-state index in [9.17, 15) is 0 Å². The molecule has 0 aromatic heterocycles. The van der Waals surface area contributed by atoms with E-state index < -0.39 is 0 Å². The Morgan fingerprint density at radius 2 is 2.17 bits per heavy atom. The van der Waals surface area contributed by atoms with E-state index in [-0.39, 0.29) is 0 Å². The first-order chi connectivity index (χ1) is 5.92. The van der Waals surface area contributed by atoms with Gasteiger partial charge in [0.15, 0.2) is 0 Å². The van der Waals surface area contributed by atoms with E-state index in [4.69, 9.17) is 0 Å². The summed E-state index contributed by atoms with van der Waals surface area (Å²) >= 11 is 0. The maximum atomic E-state index is 4.22. The first kappa shape index (κ1) is 7.62. The average molecular weight is 161 g/mol. The van der Waals surface area contributed by atoms with E-state index in [1.807, 2.05) is 7.05 Å². The Labute approximate surface area is 73.2 Å². The molecular formula is C10H13N2. The first-order valence-electron chi connectivity index (χ1n) is 4.37. The highest BCUT2D eigenvalue weighted by molar-refractivity contribution is 5.54. The van der Waals surface area contributed by atoms with Gasteiger partial charge in [-0.2, -0.15) is 0 Å². The highest BCUT2D eigenvalue weighted by Gasteiger charge is 2.14. The van der Waals surface area contributed by atoms with Crippen LogP contribution in [0.1, 0.15) is 12.0 Å². The van der Waals surface area contributed by atoms with Gasteiger partial charge in [0, 0.05) is 13.6 Å². The molecule has 0 aliphatic carbocycles. The van der Waals surface area contributed by atoms with Gasteiger partial charge in [-0.1, -0.05) is 18.2 Å². The summed E-state index contributed by atoms with van der Waals surface area (Å²) in [4.78, 5) is 0. The predicted octanol–water partition coefficient (Wildman–Crippen LogP) is 1.59. The Balaban J connectivity index is 2.37. The molecular weight excluding hydrogens is 148 g/mol. The third kappa shape index (κ3) is 1.18. The molecule has 0 saturated carbocycles. The van der Waals surface area contributed by atoms with Gasteiger partial charge >= 0.3 is 0 Å². The van der Waals surface area contributed by atoms with Crippen molar-refractivity contribution >= 4 is 5.69 Å². The quantitative estimate of drug-likeness (QED) is 0.611. The molecule has 1 aliphatic heterocycles. The zero-order valence-electron chi connectivity index (χ0n) is 7.33. The van der Waals surface area contributed by atoms with Crippen LogP contribution in [0.3, 0.4) is 0 Å². The minimum Gasteiger partial charge on any atom is -0.291 e. The molecule has 1 heterocycles. The minimum absolute atomic E-state index is 1.06. The minimum atomic E-state index is 1.06. The summed E-state index contributed by atoms with van der Waals surface area (Å²) in [5.74, 6) is 0. The summed E-state index contributed by atoms with van der Waals surface area (Å²) in [6, 6.07) is 8.49. The molecule has 1 radical (unpaired) electrons. The van der Waals surface area contributed by atoms with Crippen molar-refractivity contribution in [1.29, 1.82) is 0 Å². The summed E-state index contributed by atoms with van der Waals surface area (Å²) in [6.07, 6.45) is 2.41. The molecule has 0 atom stereocenters. The SMILES string of the molecule is C[N]N1CCCc2ccccc21. The van der Waals surface area contributed by atoms with Crippen LogP contribution >= 0.6 is 0 Å². The number of rotatable bonds is 1. The Bertz CT molecular complexity index is 270. The van der Waals surface area contributed by atoms with Gasteiger partial charge in [-0.3, -0.25) is 5.01 Å². The Hall–Kier alpha value is -1.02. The van der Waals surface area contributed by atoms with E-state index in [2.05, 4.69) is 34.7 Å². The van der Waals surface area contributed by atoms with Crippen molar-refractivity contribution in [2.45, 2.75) is 12.8 Å². The lowest BCUT2D eigenvalue weighted by atomic mass is 10.0. The number of fused-ring (bicyclic) bond motifs is 1. The van der Waals surface area contributed by atoms with Crippen molar-refractivity contribution in [3.63, 3.8) is 0 Å². The van der Waals surface area contributed by atoms with Gasteiger partial charge < -0.3 is 0 Å². The molecule has 2 nitrogen and oxygen atoms in total. The second kappa shape index (κ2) is 3.15. The number of hydrogen-bond acceptors (Lipinski definition) is 1. The molecule has 1 aromatic carbocycles. The number of nitrogens with zero attached hydrogens (tertiary/aromatic N) is 2. The Morgan fingerprint density at radius 3 is 3.00 bits per heavy atom. The lowest BCUT2D eigenvalue weighted by molar-refractivity contribution is 0.625. The third-order valence-corrected chi connectivity index (χ3v) is 2.33.